The minimum Gasteiger partial charge on any atom is -0.493 e. The summed E-state index contributed by atoms with van der Waals surface area (Å²) in [5.74, 6) is -0.634. The van der Waals surface area contributed by atoms with Gasteiger partial charge in [-0.2, -0.15) is 0 Å². The summed E-state index contributed by atoms with van der Waals surface area (Å²) in [5.41, 5.74) is 1.45. The molecule has 1 amide bonds. The van der Waals surface area contributed by atoms with Crippen LogP contribution in [0.4, 0.5) is 0 Å². The van der Waals surface area contributed by atoms with Crippen molar-refractivity contribution in [2.75, 3.05) is 6.61 Å². The van der Waals surface area contributed by atoms with E-state index in [1.165, 1.54) is 6.92 Å². The van der Waals surface area contributed by atoms with Crippen LogP contribution in [0.1, 0.15) is 22.8 Å². The standard InChI is InChI=1S/C12H13NO4/c1-7(12(15)16)13-11(14)9-2-3-10-8(6-9)4-5-17-10/h2-3,6-7H,4-5H2,1H3,(H,13,14)(H,15,16)/t7-/m0/s1. The SMILES string of the molecule is C[C@H](NC(=O)c1ccc2c(c1)CCO2)C(=O)O. The molecule has 1 aromatic carbocycles. The van der Waals surface area contributed by atoms with Crippen molar-refractivity contribution in [2.24, 2.45) is 0 Å². The summed E-state index contributed by atoms with van der Waals surface area (Å²) in [7, 11) is 0. The number of aliphatic carboxylic acids is 1. The van der Waals surface area contributed by atoms with Crippen molar-refractivity contribution in [1.82, 2.24) is 5.32 Å². The lowest BCUT2D eigenvalue weighted by atomic mass is 10.1. The molecule has 0 saturated carbocycles. The number of benzene rings is 1. The molecule has 90 valence electrons. The molecule has 0 bridgehead atoms. The van der Waals surface area contributed by atoms with Gasteiger partial charge < -0.3 is 15.2 Å². The topological polar surface area (TPSA) is 75.6 Å². The molecule has 0 spiro atoms. The van der Waals surface area contributed by atoms with Crippen LogP contribution in [0, 0.1) is 0 Å². The van der Waals surface area contributed by atoms with Crippen molar-refractivity contribution in [3.63, 3.8) is 0 Å². The molecule has 1 atom stereocenters. The number of rotatable bonds is 3. The second kappa shape index (κ2) is 4.45. The van der Waals surface area contributed by atoms with Crippen LogP contribution < -0.4 is 10.1 Å². The van der Waals surface area contributed by atoms with Gasteiger partial charge in [0.2, 0.25) is 0 Å². The zero-order valence-electron chi connectivity index (χ0n) is 9.40. The number of carboxylic acid groups (broad SMARTS) is 1. The van der Waals surface area contributed by atoms with Crippen molar-refractivity contribution >= 4 is 11.9 Å². The molecule has 0 aromatic heterocycles. The van der Waals surface area contributed by atoms with Crippen LogP contribution in [0.25, 0.3) is 0 Å². The highest BCUT2D eigenvalue weighted by molar-refractivity contribution is 5.96. The molecule has 1 aliphatic heterocycles. The average Bonchev–Trinajstić information content (AvgIpc) is 2.75. The largest absolute Gasteiger partial charge is 0.493 e. The summed E-state index contributed by atoms with van der Waals surface area (Å²) in [6.45, 7) is 2.06. The van der Waals surface area contributed by atoms with Crippen LogP contribution >= 0.6 is 0 Å². The van der Waals surface area contributed by atoms with Crippen LogP contribution in [0.2, 0.25) is 0 Å². The highest BCUT2D eigenvalue weighted by Gasteiger charge is 2.18. The van der Waals surface area contributed by atoms with Gasteiger partial charge in [0.1, 0.15) is 11.8 Å². The van der Waals surface area contributed by atoms with E-state index in [2.05, 4.69) is 5.32 Å². The molecule has 5 nitrogen and oxygen atoms in total. The number of amides is 1. The van der Waals surface area contributed by atoms with Gasteiger partial charge in [-0.15, -0.1) is 0 Å². The van der Waals surface area contributed by atoms with Gasteiger partial charge in [0, 0.05) is 12.0 Å². The quantitative estimate of drug-likeness (QED) is 0.813. The Bertz CT molecular complexity index is 470. The van der Waals surface area contributed by atoms with Crippen molar-refractivity contribution in [3.05, 3.63) is 29.3 Å². The average molecular weight is 235 g/mol. The van der Waals surface area contributed by atoms with Crippen LogP contribution in [0.5, 0.6) is 5.75 Å². The Labute approximate surface area is 98.4 Å². The molecule has 1 heterocycles. The van der Waals surface area contributed by atoms with E-state index < -0.39 is 12.0 Å². The minimum absolute atomic E-state index is 0.380. The summed E-state index contributed by atoms with van der Waals surface area (Å²) in [4.78, 5) is 22.4. The minimum atomic E-state index is -1.05. The number of nitrogens with one attached hydrogen (secondary N) is 1. The van der Waals surface area contributed by atoms with E-state index in [-0.39, 0.29) is 5.91 Å². The number of hydrogen-bond acceptors (Lipinski definition) is 3. The van der Waals surface area contributed by atoms with E-state index in [4.69, 9.17) is 9.84 Å². The normalized spacial score (nSPS) is 14.6. The zero-order valence-corrected chi connectivity index (χ0v) is 9.40. The molecular weight excluding hydrogens is 222 g/mol. The second-order valence-electron chi connectivity index (χ2n) is 3.95. The first-order chi connectivity index (χ1) is 8.08. The fourth-order valence-electron chi connectivity index (χ4n) is 1.67. The molecule has 5 heteroatoms. The number of carbonyl (C=O) groups is 2. The first-order valence-corrected chi connectivity index (χ1v) is 5.37. The Kier molecular flexibility index (Phi) is 2.99. The van der Waals surface area contributed by atoms with Crippen molar-refractivity contribution in [3.8, 4) is 5.75 Å². The predicted octanol–water partition coefficient (Wildman–Crippen LogP) is 0.824. The van der Waals surface area contributed by atoms with Gasteiger partial charge >= 0.3 is 5.97 Å². The van der Waals surface area contributed by atoms with Gasteiger partial charge in [0.25, 0.3) is 5.91 Å². The fraction of sp³-hybridized carbons (Fsp3) is 0.333. The monoisotopic (exact) mass is 235 g/mol. The molecule has 0 radical (unpaired) electrons. The second-order valence-corrected chi connectivity index (χ2v) is 3.95. The smallest absolute Gasteiger partial charge is 0.325 e. The van der Waals surface area contributed by atoms with Crippen molar-refractivity contribution in [2.45, 2.75) is 19.4 Å². The van der Waals surface area contributed by atoms with Crippen molar-refractivity contribution < 1.29 is 19.4 Å². The molecule has 17 heavy (non-hydrogen) atoms. The Balaban J connectivity index is 2.12. The molecule has 2 rings (SSSR count). The third kappa shape index (κ3) is 2.38. The van der Waals surface area contributed by atoms with Crippen LogP contribution in [0.3, 0.4) is 0 Å². The molecule has 1 aliphatic rings. The van der Waals surface area contributed by atoms with Crippen LogP contribution in [-0.2, 0) is 11.2 Å². The van der Waals surface area contributed by atoms with Gasteiger partial charge in [0.05, 0.1) is 6.61 Å². The molecule has 0 saturated heterocycles. The maximum Gasteiger partial charge on any atom is 0.325 e. The third-order valence-corrected chi connectivity index (χ3v) is 2.67. The van der Waals surface area contributed by atoms with Gasteiger partial charge in [-0.25, -0.2) is 0 Å². The molecule has 0 fully saturated rings. The van der Waals surface area contributed by atoms with E-state index in [9.17, 15) is 9.59 Å². The predicted molar refractivity (Wildman–Crippen MR) is 60.2 cm³/mol. The molecule has 0 unspecified atom stereocenters. The van der Waals surface area contributed by atoms with E-state index in [0.29, 0.717) is 12.2 Å². The maximum atomic E-state index is 11.7. The molecular formula is C12H13NO4. The van der Waals surface area contributed by atoms with E-state index >= 15 is 0 Å². The first-order valence-electron chi connectivity index (χ1n) is 5.37. The highest BCUT2D eigenvalue weighted by Crippen LogP contribution is 2.25. The van der Waals surface area contributed by atoms with E-state index in [0.717, 1.165) is 17.7 Å². The van der Waals surface area contributed by atoms with E-state index in [1.54, 1.807) is 18.2 Å². The molecule has 2 N–H and O–H groups in total. The Morgan fingerprint density at radius 3 is 2.94 bits per heavy atom. The van der Waals surface area contributed by atoms with Crippen molar-refractivity contribution in [1.29, 1.82) is 0 Å². The number of carboxylic acids is 1. The fourth-order valence-corrected chi connectivity index (χ4v) is 1.67. The zero-order chi connectivity index (χ0) is 12.4. The summed E-state index contributed by atoms with van der Waals surface area (Å²) in [6, 6.07) is 4.22. The van der Waals surface area contributed by atoms with Gasteiger partial charge in [-0.05, 0) is 30.7 Å². The Morgan fingerprint density at radius 1 is 1.47 bits per heavy atom. The highest BCUT2D eigenvalue weighted by atomic mass is 16.5. The number of ether oxygens (including phenoxy) is 1. The maximum absolute atomic E-state index is 11.7. The third-order valence-electron chi connectivity index (χ3n) is 2.67. The van der Waals surface area contributed by atoms with Gasteiger partial charge in [0.15, 0.2) is 0 Å². The number of fused-ring (bicyclic) bond motifs is 1. The summed E-state index contributed by atoms with van der Waals surface area (Å²) in [6.07, 6.45) is 0.783. The lowest BCUT2D eigenvalue weighted by Gasteiger charge is -2.09. The summed E-state index contributed by atoms with van der Waals surface area (Å²) >= 11 is 0. The Morgan fingerprint density at radius 2 is 2.24 bits per heavy atom. The summed E-state index contributed by atoms with van der Waals surface area (Å²) in [5, 5.41) is 11.1. The number of hydrogen-bond donors (Lipinski definition) is 2. The molecule has 1 aromatic rings. The van der Waals surface area contributed by atoms with Gasteiger partial charge in [-0.3, -0.25) is 9.59 Å². The van der Waals surface area contributed by atoms with Crippen LogP contribution in [0.15, 0.2) is 18.2 Å². The number of carbonyl (C=O) groups excluding carboxylic acids is 1. The van der Waals surface area contributed by atoms with Gasteiger partial charge in [-0.1, -0.05) is 0 Å². The lowest BCUT2D eigenvalue weighted by Crippen LogP contribution is -2.38. The molecule has 0 aliphatic carbocycles. The summed E-state index contributed by atoms with van der Waals surface area (Å²) < 4.78 is 5.33. The van der Waals surface area contributed by atoms with Crippen LogP contribution in [-0.4, -0.2) is 29.6 Å². The lowest BCUT2D eigenvalue weighted by molar-refractivity contribution is -0.138. The van der Waals surface area contributed by atoms with E-state index in [1.807, 2.05) is 0 Å². The first kappa shape index (κ1) is 11.4. The Hall–Kier alpha value is -2.04.